The summed E-state index contributed by atoms with van der Waals surface area (Å²) in [5, 5.41) is 15.1. The van der Waals surface area contributed by atoms with Gasteiger partial charge in [0, 0.05) is 61.2 Å². The van der Waals surface area contributed by atoms with Gasteiger partial charge >= 0.3 is 5.97 Å². The van der Waals surface area contributed by atoms with E-state index in [0.29, 0.717) is 48.7 Å². The summed E-state index contributed by atoms with van der Waals surface area (Å²) in [6, 6.07) is 13.2. The zero-order chi connectivity index (χ0) is 32.7. The second kappa shape index (κ2) is 12.4. The zero-order valence-corrected chi connectivity index (χ0v) is 27.0. The summed E-state index contributed by atoms with van der Waals surface area (Å²) in [7, 11) is 0. The molecule has 1 amide bonds. The molecule has 2 aromatic carbocycles. The van der Waals surface area contributed by atoms with Crippen LogP contribution in [0.2, 0.25) is 0 Å². The molecule has 0 spiro atoms. The third-order valence-corrected chi connectivity index (χ3v) is 8.61. The van der Waals surface area contributed by atoms with Gasteiger partial charge in [-0.2, -0.15) is 5.10 Å². The van der Waals surface area contributed by atoms with Gasteiger partial charge in [-0.3, -0.25) is 9.69 Å². The maximum atomic E-state index is 15.6. The molecule has 1 saturated heterocycles. The highest BCUT2D eigenvalue weighted by Crippen LogP contribution is 2.41. The number of amides is 1. The summed E-state index contributed by atoms with van der Waals surface area (Å²) in [5.74, 6) is -1.77. The Morgan fingerprint density at radius 2 is 1.80 bits per heavy atom. The molecule has 1 atom stereocenters. The topological polar surface area (TPSA) is 110 Å². The third-order valence-electron chi connectivity index (χ3n) is 8.61. The largest absolute Gasteiger partial charge is 0.490 e. The number of benzene rings is 2. The van der Waals surface area contributed by atoms with Crippen LogP contribution < -0.4 is 4.74 Å². The number of carbonyl (C=O) groups is 2. The number of aliphatic carboxylic acids is 1. The van der Waals surface area contributed by atoms with Crippen LogP contribution in [-0.4, -0.2) is 79.8 Å². The van der Waals surface area contributed by atoms with Gasteiger partial charge in [0.25, 0.3) is 5.91 Å². The predicted octanol–water partition coefficient (Wildman–Crippen LogP) is 5.38. The van der Waals surface area contributed by atoms with E-state index >= 15 is 4.39 Å². The van der Waals surface area contributed by atoms with Crippen LogP contribution in [0.3, 0.4) is 0 Å². The lowest BCUT2D eigenvalue weighted by Gasteiger charge is -2.34. The van der Waals surface area contributed by atoms with Crippen molar-refractivity contribution in [1.82, 2.24) is 24.4 Å². The number of carboxylic acid groups (broad SMARTS) is 1. The number of aromatic nitrogens is 3. The van der Waals surface area contributed by atoms with Crippen molar-refractivity contribution >= 4 is 17.5 Å². The van der Waals surface area contributed by atoms with E-state index in [1.54, 1.807) is 38.7 Å². The lowest BCUT2D eigenvalue weighted by molar-refractivity contribution is -0.160. The first-order chi connectivity index (χ1) is 21.9. The molecule has 2 aliphatic heterocycles. The molecule has 6 rings (SSSR count). The minimum atomic E-state index is -1.43. The Bertz CT molecular complexity index is 1790. The van der Waals surface area contributed by atoms with Gasteiger partial charge in [0.15, 0.2) is 29.0 Å². The van der Waals surface area contributed by atoms with Crippen molar-refractivity contribution in [1.29, 1.82) is 0 Å². The van der Waals surface area contributed by atoms with E-state index in [2.05, 4.69) is 17.0 Å². The van der Waals surface area contributed by atoms with Gasteiger partial charge in [-0.15, -0.1) is 0 Å². The molecule has 0 bridgehead atoms. The van der Waals surface area contributed by atoms with Crippen molar-refractivity contribution in [3.05, 3.63) is 81.9 Å². The van der Waals surface area contributed by atoms with Crippen LogP contribution in [0.4, 0.5) is 4.39 Å². The number of carboxylic acids is 1. The third kappa shape index (κ3) is 6.21. The predicted molar refractivity (Wildman–Crippen MR) is 171 cm³/mol. The number of hydrogen-bond acceptors (Lipinski definition) is 7. The van der Waals surface area contributed by atoms with Gasteiger partial charge in [0.2, 0.25) is 0 Å². The van der Waals surface area contributed by atoms with Gasteiger partial charge in [0.1, 0.15) is 0 Å². The summed E-state index contributed by atoms with van der Waals surface area (Å²) in [6.45, 7) is 12.7. The molecule has 1 fully saturated rings. The van der Waals surface area contributed by atoms with Crippen LogP contribution in [-0.2, 0) is 22.5 Å². The number of ether oxygens (including phenoxy) is 2. The molecule has 46 heavy (non-hydrogen) atoms. The van der Waals surface area contributed by atoms with Crippen LogP contribution >= 0.6 is 0 Å². The van der Waals surface area contributed by atoms with Gasteiger partial charge in [0.05, 0.1) is 17.9 Å². The van der Waals surface area contributed by atoms with Crippen LogP contribution in [0.25, 0.3) is 16.9 Å². The number of carbonyl (C=O) groups excluding carboxylic acids is 1. The lowest BCUT2D eigenvalue weighted by atomic mass is 9.91. The molecular formula is C35H40FN5O5. The molecule has 11 heteroatoms. The lowest BCUT2D eigenvalue weighted by Crippen LogP contribution is -2.48. The van der Waals surface area contributed by atoms with Crippen molar-refractivity contribution in [2.45, 2.75) is 65.7 Å². The van der Waals surface area contributed by atoms with Crippen LogP contribution in [0, 0.1) is 19.7 Å². The summed E-state index contributed by atoms with van der Waals surface area (Å²) < 4.78 is 28.9. The van der Waals surface area contributed by atoms with Crippen molar-refractivity contribution in [2.24, 2.45) is 0 Å². The van der Waals surface area contributed by atoms with Gasteiger partial charge in [-0.1, -0.05) is 30.3 Å². The number of nitrogens with zero attached hydrogens (tertiary/aromatic N) is 5. The Morgan fingerprint density at radius 3 is 2.48 bits per heavy atom. The van der Waals surface area contributed by atoms with Crippen molar-refractivity contribution in [3.63, 3.8) is 0 Å². The van der Waals surface area contributed by atoms with E-state index < -0.39 is 23.5 Å². The molecule has 0 unspecified atom stereocenters. The quantitative estimate of drug-likeness (QED) is 0.291. The maximum absolute atomic E-state index is 15.6. The monoisotopic (exact) mass is 629 g/mol. The fourth-order valence-electron chi connectivity index (χ4n) is 6.41. The van der Waals surface area contributed by atoms with E-state index in [9.17, 15) is 14.7 Å². The highest BCUT2D eigenvalue weighted by atomic mass is 19.1. The molecule has 242 valence electrons. The zero-order valence-electron chi connectivity index (χ0n) is 27.0. The second-order valence-corrected chi connectivity index (χ2v) is 13.1. The van der Waals surface area contributed by atoms with Crippen molar-refractivity contribution in [3.8, 4) is 17.0 Å². The summed E-state index contributed by atoms with van der Waals surface area (Å²) >= 11 is 0. The molecule has 0 radical (unpaired) electrons. The SMILES string of the molecule is Cc1nc2cc(C(=O)N3CCN(Cc4ccccc4)CC3)nn2c(-c2cc(F)c3c(c2C)CCCO3)c1[C@H](OC(C)(C)C)C(=O)O. The first-order valence-corrected chi connectivity index (χ1v) is 15.7. The standard InChI is InChI=1S/C35H40FN5O5/c1-21-24-12-9-17-45-31(24)26(36)18-25(21)30-29(32(34(43)44)46-35(3,4)5)22(2)37-28-19-27(38-41(28)30)33(42)40-15-13-39(14-16-40)20-23-10-7-6-8-11-23/h6-8,10-11,18-19,32H,9,12-17,20H2,1-5H3,(H,43,44)/t32-/m0/s1. The van der Waals surface area contributed by atoms with Gasteiger partial charge < -0.3 is 19.5 Å². The van der Waals surface area contributed by atoms with E-state index in [1.807, 2.05) is 25.1 Å². The Labute approximate surface area is 267 Å². The summed E-state index contributed by atoms with van der Waals surface area (Å²) in [5.41, 5.74) is 3.86. The molecule has 10 nitrogen and oxygen atoms in total. The number of fused-ring (bicyclic) bond motifs is 2. The van der Waals surface area contributed by atoms with Crippen LogP contribution in [0.5, 0.6) is 5.75 Å². The minimum absolute atomic E-state index is 0.185. The van der Waals surface area contributed by atoms with E-state index in [4.69, 9.17) is 19.6 Å². The number of aryl methyl sites for hydroxylation is 1. The second-order valence-electron chi connectivity index (χ2n) is 13.1. The molecule has 0 aliphatic carbocycles. The molecule has 4 heterocycles. The first-order valence-electron chi connectivity index (χ1n) is 15.7. The Hall–Kier alpha value is -4.35. The van der Waals surface area contributed by atoms with E-state index in [-0.39, 0.29) is 22.9 Å². The first kappa shape index (κ1) is 31.6. The van der Waals surface area contributed by atoms with Crippen molar-refractivity contribution < 1.29 is 28.6 Å². The Kier molecular flexibility index (Phi) is 8.56. The number of hydrogen-bond donors (Lipinski definition) is 1. The molecule has 2 aliphatic rings. The highest BCUT2D eigenvalue weighted by Gasteiger charge is 2.35. The Morgan fingerprint density at radius 1 is 1.09 bits per heavy atom. The van der Waals surface area contributed by atoms with Crippen molar-refractivity contribution in [2.75, 3.05) is 32.8 Å². The van der Waals surface area contributed by atoms with E-state index in [1.165, 1.54) is 16.1 Å². The van der Waals surface area contributed by atoms with Gasteiger partial charge in [-0.05, 0) is 64.7 Å². The van der Waals surface area contributed by atoms with Crippen LogP contribution in [0.15, 0.2) is 42.5 Å². The normalized spacial score (nSPS) is 16.3. The Balaban J connectivity index is 1.43. The average molecular weight is 630 g/mol. The molecule has 0 saturated carbocycles. The number of halogens is 1. The average Bonchev–Trinajstić information content (AvgIpc) is 3.45. The molecule has 1 N–H and O–H groups in total. The molecule has 4 aromatic rings. The number of rotatable bonds is 7. The molecule has 2 aromatic heterocycles. The van der Waals surface area contributed by atoms with Gasteiger partial charge in [-0.25, -0.2) is 18.7 Å². The smallest absolute Gasteiger partial charge is 0.337 e. The fourth-order valence-corrected chi connectivity index (χ4v) is 6.41. The molecular weight excluding hydrogens is 589 g/mol. The fraction of sp³-hybridized carbons (Fsp3) is 0.429. The number of piperazine rings is 1. The summed E-state index contributed by atoms with van der Waals surface area (Å²) in [6.07, 6.45) is -0.0742. The minimum Gasteiger partial charge on any atom is -0.490 e. The highest BCUT2D eigenvalue weighted by molar-refractivity contribution is 5.94. The van der Waals surface area contributed by atoms with Crippen LogP contribution in [0.1, 0.15) is 71.7 Å². The van der Waals surface area contributed by atoms with E-state index in [0.717, 1.165) is 37.2 Å². The summed E-state index contributed by atoms with van der Waals surface area (Å²) in [4.78, 5) is 35.4. The maximum Gasteiger partial charge on any atom is 0.337 e.